The van der Waals surface area contributed by atoms with Crippen LogP contribution in [0.4, 0.5) is 5.69 Å². The molecule has 4 aromatic rings. The van der Waals surface area contributed by atoms with Crippen LogP contribution in [0, 0.1) is 17.0 Å². The molecule has 0 saturated carbocycles. The van der Waals surface area contributed by atoms with Crippen molar-refractivity contribution in [1.82, 2.24) is 14.9 Å². The van der Waals surface area contributed by atoms with Crippen LogP contribution in [0.1, 0.15) is 33.4 Å². The van der Waals surface area contributed by atoms with Gasteiger partial charge in [0.1, 0.15) is 11.4 Å². The van der Waals surface area contributed by atoms with E-state index in [2.05, 4.69) is 5.32 Å². The number of amides is 1. The van der Waals surface area contributed by atoms with E-state index < -0.39 is 16.9 Å². The number of hydrogen-bond acceptors (Lipinski definition) is 4. The number of nitrogens with one attached hydrogen (secondary N) is 1. The number of benzene rings is 3. The zero-order chi connectivity index (χ0) is 22.0. The first-order valence-corrected chi connectivity index (χ1v) is 9.96. The fourth-order valence-electron chi connectivity index (χ4n) is 3.82. The molecule has 0 aliphatic rings. The minimum Gasteiger partial charge on any atom is -0.345 e. The minimum atomic E-state index is -0.507. The molecule has 156 valence electrons. The van der Waals surface area contributed by atoms with Crippen LogP contribution in [0.25, 0.3) is 11.0 Å². The minimum absolute atomic E-state index is 0.0518. The van der Waals surface area contributed by atoms with Gasteiger partial charge in [0, 0.05) is 19.0 Å². The summed E-state index contributed by atoms with van der Waals surface area (Å²) in [5, 5.41) is 14.5. The van der Waals surface area contributed by atoms with Crippen molar-refractivity contribution in [2.45, 2.75) is 19.4 Å². The van der Waals surface area contributed by atoms with E-state index in [1.54, 1.807) is 19.1 Å². The van der Waals surface area contributed by atoms with Crippen molar-refractivity contribution in [3.63, 3.8) is 0 Å². The van der Waals surface area contributed by atoms with Gasteiger partial charge in [-0.3, -0.25) is 14.9 Å². The Bertz CT molecular complexity index is 1260. The van der Waals surface area contributed by atoms with Crippen molar-refractivity contribution in [1.29, 1.82) is 0 Å². The normalized spacial score (nSPS) is 11.9. The Hall–Kier alpha value is -4.00. The topological polar surface area (TPSA) is 90.1 Å². The number of fused-ring (bicyclic) bond motifs is 1. The molecule has 4 rings (SSSR count). The number of nitro groups is 1. The zero-order valence-corrected chi connectivity index (χ0v) is 17.3. The van der Waals surface area contributed by atoms with E-state index in [1.807, 2.05) is 66.2 Å². The molecule has 1 N–H and O–H groups in total. The summed E-state index contributed by atoms with van der Waals surface area (Å²) in [6.07, 6.45) is 0.445. The van der Waals surface area contributed by atoms with Crippen LogP contribution in [0.3, 0.4) is 0 Å². The highest BCUT2D eigenvalue weighted by atomic mass is 16.6. The summed E-state index contributed by atoms with van der Waals surface area (Å²) in [5.74, 6) is 0.331. The Labute approximate surface area is 179 Å². The smallest absolute Gasteiger partial charge is 0.285 e. The summed E-state index contributed by atoms with van der Waals surface area (Å²) in [6.45, 7) is 1.63. The van der Waals surface area contributed by atoms with Gasteiger partial charge in [-0.15, -0.1) is 0 Å². The van der Waals surface area contributed by atoms with Crippen molar-refractivity contribution >= 4 is 22.6 Å². The maximum Gasteiger partial charge on any atom is 0.285 e. The first kappa shape index (κ1) is 20.3. The second-order valence-electron chi connectivity index (χ2n) is 7.44. The molecule has 1 unspecified atom stereocenters. The number of carbonyl (C=O) groups excluding carboxylic acids is 1. The average Bonchev–Trinajstić information content (AvgIpc) is 3.09. The number of nitrogens with zero attached hydrogens (tertiary/aromatic N) is 3. The first-order valence-electron chi connectivity index (χ1n) is 9.96. The number of hydrogen-bond donors (Lipinski definition) is 1. The van der Waals surface area contributed by atoms with E-state index >= 15 is 0 Å². The van der Waals surface area contributed by atoms with Gasteiger partial charge in [0.05, 0.1) is 22.0 Å². The number of carbonyl (C=O) groups is 1. The average molecular weight is 414 g/mol. The van der Waals surface area contributed by atoms with Gasteiger partial charge in [0.2, 0.25) is 0 Å². The van der Waals surface area contributed by atoms with Crippen LogP contribution in [0.5, 0.6) is 0 Å². The third-order valence-corrected chi connectivity index (χ3v) is 5.44. The zero-order valence-electron chi connectivity index (χ0n) is 17.3. The Balaban J connectivity index is 1.70. The van der Waals surface area contributed by atoms with Crippen molar-refractivity contribution in [3.8, 4) is 0 Å². The number of imidazole rings is 1. The standard InChI is InChI=1S/C24H22N4O3/c1-16-9-8-12-18(23(16)28(30)31)24(29)26-20(17-10-4-3-5-11-17)15-22-25-19-13-6-7-14-21(19)27(22)2/h3-14,20H,15H2,1-2H3,(H,26,29). The predicted octanol–water partition coefficient (Wildman–Crippen LogP) is 4.50. The molecule has 0 aliphatic carbocycles. The SMILES string of the molecule is Cc1cccc(C(=O)NC(Cc2nc3ccccc3n2C)c2ccccc2)c1[N+](=O)[O-]. The molecule has 0 spiro atoms. The lowest BCUT2D eigenvalue weighted by Crippen LogP contribution is -2.31. The van der Waals surface area contributed by atoms with Crippen LogP contribution in [0.2, 0.25) is 0 Å². The highest BCUT2D eigenvalue weighted by molar-refractivity contribution is 5.98. The van der Waals surface area contributed by atoms with Crippen LogP contribution in [0.15, 0.2) is 72.8 Å². The third-order valence-electron chi connectivity index (χ3n) is 5.44. The number of rotatable bonds is 6. The van der Waals surface area contributed by atoms with Gasteiger partial charge >= 0.3 is 0 Å². The summed E-state index contributed by atoms with van der Waals surface area (Å²) in [5.41, 5.74) is 3.12. The van der Waals surface area contributed by atoms with Crippen molar-refractivity contribution in [3.05, 3.63) is 105 Å². The van der Waals surface area contributed by atoms with Gasteiger partial charge in [-0.1, -0.05) is 54.6 Å². The molecule has 0 radical (unpaired) electrons. The van der Waals surface area contributed by atoms with E-state index in [0.717, 1.165) is 22.4 Å². The van der Waals surface area contributed by atoms with E-state index in [4.69, 9.17) is 4.98 Å². The molecular weight excluding hydrogens is 392 g/mol. The van der Waals surface area contributed by atoms with Crippen LogP contribution >= 0.6 is 0 Å². The molecule has 1 aromatic heterocycles. The molecule has 1 atom stereocenters. The fraction of sp³-hybridized carbons (Fsp3) is 0.167. The summed E-state index contributed by atoms with van der Waals surface area (Å²) >= 11 is 0. The molecule has 7 heteroatoms. The van der Waals surface area contributed by atoms with Crippen LogP contribution in [-0.4, -0.2) is 20.4 Å². The second kappa shape index (κ2) is 8.39. The van der Waals surface area contributed by atoms with E-state index in [9.17, 15) is 14.9 Å². The highest BCUT2D eigenvalue weighted by Crippen LogP contribution is 2.26. The Morgan fingerprint density at radius 3 is 2.48 bits per heavy atom. The molecule has 0 bridgehead atoms. The van der Waals surface area contributed by atoms with Gasteiger partial charge in [-0.2, -0.15) is 0 Å². The molecule has 1 amide bonds. The number of aromatic nitrogens is 2. The lowest BCUT2D eigenvalue weighted by Gasteiger charge is -2.19. The molecule has 7 nitrogen and oxygen atoms in total. The van der Waals surface area contributed by atoms with E-state index in [0.29, 0.717) is 12.0 Å². The van der Waals surface area contributed by atoms with Gasteiger partial charge in [-0.05, 0) is 30.7 Å². The van der Waals surface area contributed by atoms with Crippen molar-refractivity contribution in [2.75, 3.05) is 0 Å². The monoisotopic (exact) mass is 414 g/mol. The van der Waals surface area contributed by atoms with Gasteiger partial charge < -0.3 is 9.88 Å². The number of para-hydroxylation sites is 3. The summed E-state index contributed by atoms with van der Waals surface area (Å²) in [7, 11) is 1.94. The molecule has 31 heavy (non-hydrogen) atoms. The lowest BCUT2D eigenvalue weighted by molar-refractivity contribution is -0.385. The van der Waals surface area contributed by atoms with E-state index in [-0.39, 0.29) is 11.3 Å². The summed E-state index contributed by atoms with van der Waals surface area (Å²) in [6, 6.07) is 21.8. The molecule has 1 heterocycles. The Morgan fingerprint density at radius 1 is 1.06 bits per heavy atom. The Kier molecular flexibility index (Phi) is 5.49. The summed E-state index contributed by atoms with van der Waals surface area (Å²) in [4.78, 5) is 28.9. The van der Waals surface area contributed by atoms with Crippen LogP contribution < -0.4 is 5.32 Å². The molecule has 0 saturated heterocycles. The largest absolute Gasteiger partial charge is 0.345 e. The number of nitro benzene ring substituents is 1. The molecule has 0 fully saturated rings. The Morgan fingerprint density at radius 2 is 1.77 bits per heavy atom. The fourth-order valence-corrected chi connectivity index (χ4v) is 3.82. The van der Waals surface area contributed by atoms with Crippen molar-refractivity contribution in [2.24, 2.45) is 7.05 Å². The molecule has 3 aromatic carbocycles. The van der Waals surface area contributed by atoms with Crippen LogP contribution in [-0.2, 0) is 13.5 Å². The molecular formula is C24H22N4O3. The highest BCUT2D eigenvalue weighted by Gasteiger charge is 2.25. The van der Waals surface area contributed by atoms with E-state index in [1.165, 1.54) is 6.07 Å². The third kappa shape index (κ3) is 4.02. The maximum absolute atomic E-state index is 13.1. The molecule has 0 aliphatic heterocycles. The van der Waals surface area contributed by atoms with Gasteiger partial charge in [0.15, 0.2) is 0 Å². The quantitative estimate of drug-likeness (QED) is 0.371. The summed E-state index contributed by atoms with van der Waals surface area (Å²) < 4.78 is 2.01. The first-order chi connectivity index (χ1) is 15.0. The van der Waals surface area contributed by atoms with Gasteiger partial charge in [-0.25, -0.2) is 4.98 Å². The van der Waals surface area contributed by atoms with Gasteiger partial charge in [0.25, 0.3) is 11.6 Å². The predicted molar refractivity (Wildman–Crippen MR) is 119 cm³/mol. The maximum atomic E-state index is 13.1. The lowest BCUT2D eigenvalue weighted by atomic mass is 10.0. The second-order valence-corrected chi connectivity index (χ2v) is 7.44. The number of aryl methyl sites for hydroxylation is 2. The van der Waals surface area contributed by atoms with Crippen molar-refractivity contribution < 1.29 is 9.72 Å².